The SMILES string of the molecule is C.CCC(CC)(CO)CO.CCC1(CC)COC2(CCC3(CC2)OCC(CC)(CC)CO3)OC1.O=C1CCC(=O)CC1. The van der Waals surface area contributed by atoms with Crippen LogP contribution in [0.3, 0.4) is 0 Å². The zero-order valence-corrected chi connectivity index (χ0v) is 27.0. The van der Waals surface area contributed by atoms with Gasteiger partial charge in [0.05, 0.1) is 39.6 Å². The van der Waals surface area contributed by atoms with Crippen molar-refractivity contribution in [1.82, 2.24) is 0 Å². The summed E-state index contributed by atoms with van der Waals surface area (Å²) in [5, 5.41) is 17.6. The molecule has 4 rings (SSSR count). The van der Waals surface area contributed by atoms with E-state index in [1.165, 1.54) is 0 Å². The average molecular weight is 601 g/mol. The molecule has 0 radical (unpaired) electrons. The Bertz CT molecular complexity index is 680. The lowest BCUT2D eigenvalue weighted by atomic mass is 9.80. The highest BCUT2D eigenvalue weighted by molar-refractivity contribution is 5.92. The van der Waals surface area contributed by atoms with Crippen LogP contribution in [-0.4, -0.2) is 73.0 Å². The molecule has 2 aliphatic heterocycles. The molecule has 8 nitrogen and oxygen atoms in total. The van der Waals surface area contributed by atoms with Crippen LogP contribution in [0.15, 0.2) is 0 Å². The molecule has 0 aromatic rings. The molecule has 248 valence electrons. The quantitative estimate of drug-likeness (QED) is 0.314. The lowest BCUT2D eigenvalue weighted by molar-refractivity contribution is -0.368. The molecule has 0 amide bonds. The fraction of sp³-hybridized carbons (Fsp3) is 0.941. The van der Waals surface area contributed by atoms with E-state index in [0.29, 0.717) is 25.7 Å². The second-order valence-corrected chi connectivity index (χ2v) is 13.0. The summed E-state index contributed by atoms with van der Waals surface area (Å²) in [5.41, 5.74) is 0.195. The van der Waals surface area contributed by atoms with Crippen molar-refractivity contribution in [2.45, 2.75) is 150 Å². The predicted molar refractivity (Wildman–Crippen MR) is 166 cm³/mol. The monoisotopic (exact) mass is 600 g/mol. The van der Waals surface area contributed by atoms with Gasteiger partial charge in [-0.15, -0.1) is 0 Å². The summed E-state index contributed by atoms with van der Waals surface area (Å²) in [6, 6.07) is 0. The summed E-state index contributed by atoms with van der Waals surface area (Å²) >= 11 is 0. The van der Waals surface area contributed by atoms with Crippen LogP contribution >= 0.6 is 0 Å². The second-order valence-electron chi connectivity index (χ2n) is 13.0. The molecule has 2 aliphatic carbocycles. The molecule has 42 heavy (non-hydrogen) atoms. The molecule has 2 N–H and O–H groups in total. The molecule has 4 aliphatic rings. The van der Waals surface area contributed by atoms with E-state index in [-0.39, 0.29) is 48.5 Å². The van der Waals surface area contributed by atoms with Crippen LogP contribution in [0.25, 0.3) is 0 Å². The van der Waals surface area contributed by atoms with Crippen LogP contribution in [0.2, 0.25) is 0 Å². The summed E-state index contributed by atoms with van der Waals surface area (Å²) in [5.74, 6) is -0.305. The first kappa shape index (κ1) is 39.1. The summed E-state index contributed by atoms with van der Waals surface area (Å²) in [6.45, 7) is 16.4. The molecule has 2 saturated heterocycles. The van der Waals surface area contributed by atoms with Crippen molar-refractivity contribution in [1.29, 1.82) is 0 Å². The van der Waals surface area contributed by atoms with Gasteiger partial charge in [-0.25, -0.2) is 0 Å². The molecule has 0 unspecified atom stereocenters. The van der Waals surface area contributed by atoms with Gasteiger partial charge in [-0.1, -0.05) is 49.0 Å². The normalized spacial score (nSPS) is 24.1. The minimum absolute atomic E-state index is 0. The number of ether oxygens (including phenoxy) is 4. The molecule has 0 aromatic carbocycles. The lowest BCUT2D eigenvalue weighted by Gasteiger charge is -2.53. The fourth-order valence-corrected chi connectivity index (χ4v) is 5.77. The smallest absolute Gasteiger partial charge is 0.168 e. The van der Waals surface area contributed by atoms with E-state index in [1.54, 1.807) is 0 Å². The van der Waals surface area contributed by atoms with Crippen LogP contribution in [0.4, 0.5) is 0 Å². The van der Waals surface area contributed by atoms with Crippen molar-refractivity contribution in [2.24, 2.45) is 16.2 Å². The van der Waals surface area contributed by atoms with Crippen molar-refractivity contribution in [2.75, 3.05) is 39.6 Å². The van der Waals surface area contributed by atoms with E-state index in [4.69, 9.17) is 29.2 Å². The van der Waals surface area contributed by atoms with Crippen LogP contribution < -0.4 is 0 Å². The average Bonchev–Trinajstić information content (AvgIpc) is 3.04. The first-order chi connectivity index (χ1) is 19.5. The highest BCUT2D eigenvalue weighted by atomic mass is 16.7. The highest BCUT2D eigenvalue weighted by Crippen LogP contribution is 2.48. The van der Waals surface area contributed by atoms with Gasteiger partial charge in [0, 0.05) is 67.6 Å². The van der Waals surface area contributed by atoms with Crippen molar-refractivity contribution in [3.8, 4) is 0 Å². The minimum Gasteiger partial charge on any atom is -0.396 e. The van der Waals surface area contributed by atoms with E-state index in [2.05, 4.69) is 27.7 Å². The third-order valence-electron chi connectivity index (χ3n) is 10.9. The molecule has 2 saturated carbocycles. The summed E-state index contributed by atoms with van der Waals surface area (Å²) in [6.07, 6.45) is 11.6. The van der Waals surface area contributed by atoms with E-state index in [1.807, 2.05) is 13.8 Å². The number of ketones is 2. The van der Waals surface area contributed by atoms with Crippen molar-refractivity contribution < 1.29 is 38.7 Å². The number of aliphatic hydroxyl groups is 2. The third-order valence-corrected chi connectivity index (χ3v) is 10.9. The largest absolute Gasteiger partial charge is 0.396 e. The standard InChI is InChI=1S/C20H36O4.C7H16O2.C6H8O2.CH4/c1-5-17(6-2)13-21-19(22-14-17)9-11-20(12-10-19)23-15-18(7-3,8-4)16-24-20;1-3-7(4-2,5-8)6-9;7-5-1-2-6(8)4-3-5;/h5-16H2,1-4H3;8-9H,3-6H2,1-2H3;1-4H2;1H4. The molecule has 2 heterocycles. The predicted octanol–water partition coefficient (Wildman–Crippen LogP) is 6.77. The van der Waals surface area contributed by atoms with Crippen molar-refractivity contribution in [3.63, 3.8) is 0 Å². The van der Waals surface area contributed by atoms with Gasteiger partial charge in [0.2, 0.25) is 0 Å². The molecule has 8 heteroatoms. The second kappa shape index (κ2) is 17.6. The van der Waals surface area contributed by atoms with Crippen LogP contribution in [-0.2, 0) is 28.5 Å². The fourth-order valence-electron chi connectivity index (χ4n) is 5.77. The van der Waals surface area contributed by atoms with Gasteiger partial charge in [-0.2, -0.15) is 0 Å². The van der Waals surface area contributed by atoms with Gasteiger partial charge in [-0.3, -0.25) is 9.59 Å². The maximum Gasteiger partial charge on any atom is 0.168 e. The zero-order chi connectivity index (χ0) is 30.6. The Morgan fingerprint density at radius 1 is 0.571 bits per heavy atom. The molecule has 0 aromatic heterocycles. The number of carbonyl (C=O) groups is 2. The van der Waals surface area contributed by atoms with E-state index in [0.717, 1.165) is 90.6 Å². The number of carbonyl (C=O) groups excluding carboxylic acids is 2. The molecule has 4 fully saturated rings. The van der Waals surface area contributed by atoms with Crippen LogP contribution in [0.5, 0.6) is 0 Å². The maximum atomic E-state index is 10.5. The Morgan fingerprint density at radius 3 is 1.00 bits per heavy atom. The van der Waals surface area contributed by atoms with E-state index < -0.39 is 11.6 Å². The summed E-state index contributed by atoms with van der Waals surface area (Å²) < 4.78 is 25.2. The third kappa shape index (κ3) is 10.1. The van der Waals surface area contributed by atoms with Gasteiger partial charge in [0.1, 0.15) is 11.6 Å². The van der Waals surface area contributed by atoms with Crippen LogP contribution in [0, 0.1) is 16.2 Å². The lowest BCUT2D eigenvalue weighted by Crippen LogP contribution is -2.57. The Balaban J connectivity index is 0.000000404. The van der Waals surface area contributed by atoms with Gasteiger partial charge in [0.15, 0.2) is 11.6 Å². The Morgan fingerprint density at radius 2 is 0.833 bits per heavy atom. The van der Waals surface area contributed by atoms with Crippen molar-refractivity contribution in [3.05, 3.63) is 0 Å². The first-order valence-corrected chi connectivity index (χ1v) is 16.3. The number of hydrogen-bond acceptors (Lipinski definition) is 8. The number of Topliss-reactive ketones (excluding diaryl/α,β-unsaturated/α-hetero) is 2. The molecule has 0 atom stereocenters. The Kier molecular flexibility index (Phi) is 16.4. The van der Waals surface area contributed by atoms with Crippen molar-refractivity contribution >= 4 is 11.6 Å². The maximum absolute atomic E-state index is 10.5. The van der Waals surface area contributed by atoms with Crippen LogP contribution in [0.1, 0.15) is 139 Å². The first-order valence-electron chi connectivity index (χ1n) is 16.3. The number of hydrogen-bond donors (Lipinski definition) is 2. The minimum atomic E-state index is -0.393. The molecular weight excluding hydrogens is 536 g/mol. The number of aliphatic hydroxyl groups excluding tert-OH is 2. The zero-order valence-electron chi connectivity index (χ0n) is 27.0. The van der Waals surface area contributed by atoms with E-state index >= 15 is 0 Å². The van der Waals surface area contributed by atoms with Gasteiger partial charge in [-0.05, 0) is 38.5 Å². The highest BCUT2D eigenvalue weighted by Gasteiger charge is 2.52. The topological polar surface area (TPSA) is 112 Å². The Hall–Kier alpha value is -0.900. The van der Waals surface area contributed by atoms with Gasteiger partial charge in [0.25, 0.3) is 0 Å². The van der Waals surface area contributed by atoms with Gasteiger partial charge < -0.3 is 29.2 Å². The Labute approximate surface area is 256 Å². The molecule has 0 bridgehead atoms. The van der Waals surface area contributed by atoms with Gasteiger partial charge >= 0.3 is 0 Å². The number of rotatable bonds is 8. The van der Waals surface area contributed by atoms with E-state index in [9.17, 15) is 9.59 Å². The molecular formula is C34H64O8. The molecule has 2 spiro atoms. The summed E-state index contributed by atoms with van der Waals surface area (Å²) in [7, 11) is 0. The summed E-state index contributed by atoms with van der Waals surface area (Å²) in [4.78, 5) is 20.9.